The van der Waals surface area contributed by atoms with Crippen molar-refractivity contribution in [1.82, 2.24) is 0 Å². The number of benzene rings is 1. The molecule has 1 rings (SSSR count). The standard InChI is InChI=1S/C12H19NO2.ClH/c1-4-10(13)9-6-7-11(15-5-2)12(8-9)14-3;/h6-8,10H,4-5,13H2,1-3H3;1H/t10-;/m0./s1. The van der Waals surface area contributed by atoms with E-state index in [4.69, 9.17) is 15.2 Å². The Hall–Kier alpha value is -0.930. The van der Waals surface area contributed by atoms with Crippen LogP contribution >= 0.6 is 12.4 Å². The van der Waals surface area contributed by atoms with Gasteiger partial charge in [-0.15, -0.1) is 12.4 Å². The van der Waals surface area contributed by atoms with E-state index in [1.165, 1.54) is 0 Å². The van der Waals surface area contributed by atoms with Gasteiger partial charge in [0, 0.05) is 6.04 Å². The fourth-order valence-corrected chi connectivity index (χ4v) is 1.43. The van der Waals surface area contributed by atoms with Crippen molar-refractivity contribution in [3.8, 4) is 11.5 Å². The second-order valence-electron chi connectivity index (χ2n) is 3.36. The molecule has 0 spiro atoms. The molecule has 0 fully saturated rings. The summed E-state index contributed by atoms with van der Waals surface area (Å²) in [7, 11) is 1.64. The maximum Gasteiger partial charge on any atom is 0.161 e. The van der Waals surface area contributed by atoms with Gasteiger partial charge >= 0.3 is 0 Å². The van der Waals surface area contributed by atoms with E-state index in [9.17, 15) is 0 Å². The Labute approximate surface area is 103 Å². The first-order valence-corrected chi connectivity index (χ1v) is 5.29. The van der Waals surface area contributed by atoms with Gasteiger partial charge in [-0.3, -0.25) is 0 Å². The molecule has 0 aliphatic carbocycles. The minimum atomic E-state index is 0. The van der Waals surface area contributed by atoms with Crippen molar-refractivity contribution in [1.29, 1.82) is 0 Å². The molecule has 0 heterocycles. The molecule has 0 bridgehead atoms. The smallest absolute Gasteiger partial charge is 0.161 e. The molecule has 0 aliphatic rings. The van der Waals surface area contributed by atoms with Crippen LogP contribution in [0.3, 0.4) is 0 Å². The molecule has 16 heavy (non-hydrogen) atoms. The minimum Gasteiger partial charge on any atom is -0.493 e. The van der Waals surface area contributed by atoms with Crippen molar-refractivity contribution in [3.63, 3.8) is 0 Å². The highest BCUT2D eigenvalue weighted by molar-refractivity contribution is 5.85. The molecule has 4 heteroatoms. The van der Waals surface area contributed by atoms with E-state index in [0.29, 0.717) is 6.61 Å². The number of nitrogens with two attached hydrogens (primary N) is 1. The number of halogens is 1. The summed E-state index contributed by atoms with van der Waals surface area (Å²) in [6, 6.07) is 5.91. The van der Waals surface area contributed by atoms with Crippen molar-refractivity contribution >= 4 is 12.4 Å². The van der Waals surface area contributed by atoms with Crippen molar-refractivity contribution in [2.45, 2.75) is 26.3 Å². The van der Waals surface area contributed by atoms with E-state index in [1.54, 1.807) is 7.11 Å². The lowest BCUT2D eigenvalue weighted by Crippen LogP contribution is -2.08. The van der Waals surface area contributed by atoms with Gasteiger partial charge in [0.15, 0.2) is 11.5 Å². The molecule has 0 aliphatic heterocycles. The van der Waals surface area contributed by atoms with Gasteiger partial charge in [-0.05, 0) is 31.0 Å². The molecule has 0 radical (unpaired) electrons. The second kappa shape index (κ2) is 7.36. The molecule has 0 amide bonds. The zero-order valence-electron chi connectivity index (χ0n) is 10.0. The number of hydrogen-bond donors (Lipinski definition) is 1. The number of rotatable bonds is 5. The first-order chi connectivity index (χ1) is 7.22. The average molecular weight is 246 g/mol. The third-order valence-corrected chi connectivity index (χ3v) is 2.36. The number of ether oxygens (including phenoxy) is 2. The Morgan fingerprint density at radius 3 is 2.44 bits per heavy atom. The van der Waals surface area contributed by atoms with Gasteiger partial charge in [0.2, 0.25) is 0 Å². The normalized spacial score (nSPS) is 11.5. The third-order valence-electron chi connectivity index (χ3n) is 2.36. The SMILES string of the molecule is CCOc1ccc([C@@H](N)CC)cc1OC.Cl. The summed E-state index contributed by atoms with van der Waals surface area (Å²) in [5, 5.41) is 0. The summed E-state index contributed by atoms with van der Waals surface area (Å²) >= 11 is 0. The Balaban J connectivity index is 0.00000225. The molecule has 92 valence electrons. The van der Waals surface area contributed by atoms with Crippen molar-refractivity contribution in [2.75, 3.05) is 13.7 Å². The van der Waals surface area contributed by atoms with Gasteiger partial charge in [0.05, 0.1) is 13.7 Å². The van der Waals surface area contributed by atoms with Crippen LogP contribution in [0.5, 0.6) is 11.5 Å². The summed E-state index contributed by atoms with van der Waals surface area (Å²) in [4.78, 5) is 0. The van der Waals surface area contributed by atoms with Crippen LogP contribution in [0.25, 0.3) is 0 Å². The number of methoxy groups -OCH3 is 1. The maximum absolute atomic E-state index is 5.95. The van der Waals surface area contributed by atoms with Crippen LogP contribution in [-0.2, 0) is 0 Å². The minimum absolute atomic E-state index is 0. The van der Waals surface area contributed by atoms with Crippen molar-refractivity contribution in [3.05, 3.63) is 23.8 Å². The van der Waals surface area contributed by atoms with Gasteiger partial charge < -0.3 is 15.2 Å². The largest absolute Gasteiger partial charge is 0.493 e. The lowest BCUT2D eigenvalue weighted by molar-refractivity contribution is 0.310. The maximum atomic E-state index is 5.95. The topological polar surface area (TPSA) is 44.5 Å². The lowest BCUT2D eigenvalue weighted by atomic mass is 10.1. The van der Waals surface area contributed by atoms with Gasteiger partial charge in [-0.2, -0.15) is 0 Å². The Morgan fingerprint density at radius 1 is 1.25 bits per heavy atom. The predicted molar refractivity (Wildman–Crippen MR) is 68.6 cm³/mol. The van der Waals surface area contributed by atoms with E-state index < -0.39 is 0 Å². The highest BCUT2D eigenvalue weighted by atomic mass is 35.5. The zero-order valence-corrected chi connectivity index (χ0v) is 10.8. The second-order valence-corrected chi connectivity index (χ2v) is 3.36. The van der Waals surface area contributed by atoms with E-state index in [-0.39, 0.29) is 18.4 Å². The van der Waals surface area contributed by atoms with E-state index in [0.717, 1.165) is 23.5 Å². The van der Waals surface area contributed by atoms with Crippen LogP contribution in [0.15, 0.2) is 18.2 Å². The molecular formula is C12H20ClNO2. The first kappa shape index (κ1) is 15.1. The Bertz CT molecular complexity index is 318. The fraction of sp³-hybridized carbons (Fsp3) is 0.500. The molecule has 0 aromatic heterocycles. The monoisotopic (exact) mass is 245 g/mol. The van der Waals surface area contributed by atoms with Crippen LogP contribution in [0.1, 0.15) is 31.9 Å². The molecule has 3 nitrogen and oxygen atoms in total. The highest BCUT2D eigenvalue weighted by Crippen LogP contribution is 2.30. The summed E-state index contributed by atoms with van der Waals surface area (Å²) < 4.78 is 10.7. The molecule has 1 aromatic rings. The molecule has 0 saturated heterocycles. The van der Waals surface area contributed by atoms with E-state index in [2.05, 4.69) is 6.92 Å². The number of hydrogen-bond acceptors (Lipinski definition) is 3. The molecule has 1 atom stereocenters. The van der Waals surface area contributed by atoms with Crippen molar-refractivity contribution < 1.29 is 9.47 Å². The summed E-state index contributed by atoms with van der Waals surface area (Å²) in [6.07, 6.45) is 0.914. The predicted octanol–water partition coefficient (Wildman–Crippen LogP) is 2.93. The molecule has 0 saturated carbocycles. The van der Waals surface area contributed by atoms with Crippen LogP contribution < -0.4 is 15.2 Å². The van der Waals surface area contributed by atoms with Crippen LogP contribution in [-0.4, -0.2) is 13.7 Å². The highest BCUT2D eigenvalue weighted by Gasteiger charge is 2.08. The van der Waals surface area contributed by atoms with E-state index >= 15 is 0 Å². The molecular weight excluding hydrogens is 226 g/mol. The summed E-state index contributed by atoms with van der Waals surface area (Å²) in [6.45, 7) is 4.65. The quantitative estimate of drug-likeness (QED) is 0.868. The molecule has 1 aromatic carbocycles. The third kappa shape index (κ3) is 3.58. The first-order valence-electron chi connectivity index (χ1n) is 5.29. The van der Waals surface area contributed by atoms with Gasteiger partial charge in [0.1, 0.15) is 0 Å². The average Bonchev–Trinajstić information content (AvgIpc) is 2.29. The van der Waals surface area contributed by atoms with Crippen molar-refractivity contribution in [2.24, 2.45) is 5.73 Å². The Morgan fingerprint density at radius 2 is 1.94 bits per heavy atom. The lowest BCUT2D eigenvalue weighted by Gasteiger charge is -2.14. The van der Waals surface area contributed by atoms with Gasteiger partial charge in [0.25, 0.3) is 0 Å². The zero-order chi connectivity index (χ0) is 11.3. The van der Waals surface area contributed by atoms with Crippen LogP contribution in [0, 0.1) is 0 Å². The van der Waals surface area contributed by atoms with Crippen LogP contribution in [0.4, 0.5) is 0 Å². The van der Waals surface area contributed by atoms with Crippen LogP contribution in [0.2, 0.25) is 0 Å². The summed E-state index contributed by atoms with van der Waals surface area (Å²) in [5.41, 5.74) is 7.03. The summed E-state index contributed by atoms with van der Waals surface area (Å²) in [5.74, 6) is 1.52. The fourth-order valence-electron chi connectivity index (χ4n) is 1.43. The van der Waals surface area contributed by atoms with E-state index in [1.807, 2.05) is 25.1 Å². The van der Waals surface area contributed by atoms with Gasteiger partial charge in [-0.25, -0.2) is 0 Å². The molecule has 0 unspecified atom stereocenters. The molecule has 2 N–H and O–H groups in total. The Kier molecular flexibility index (Phi) is 6.93. The van der Waals surface area contributed by atoms with Gasteiger partial charge in [-0.1, -0.05) is 13.0 Å².